The second-order valence-electron chi connectivity index (χ2n) is 7.68. The van der Waals surface area contributed by atoms with E-state index in [-0.39, 0.29) is 30.0 Å². The molecule has 0 aromatic heterocycles. The van der Waals surface area contributed by atoms with Crippen molar-refractivity contribution in [2.45, 2.75) is 18.6 Å². The lowest BCUT2D eigenvalue weighted by Gasteiger charge is -2.32. The van der Waals surface area contributed by atoms with Crippen molar-refractivity contribution in [3.63, 3.8) is 0 Å². The van der Waals surface area contributed by atoms with Gasteiger partial charge in [-0.25, -0.2) is 13.1 Å². The van der Waals surface area contributed by atoms with Gasteiger partial charge in [0.15, 0.2) is 0 Å². The van der Waals surface area contributed by atoms with Crippen molar-refractivity contribution in [3.8, 4) is 0 Å². The second kappa shape index (κ2) is 10.8. The molecule has 3 rings (SSSR count). The van der Waals surface area contributed by atoms with Crippen molar-refractivity contribution in [3.05, 3.63) is 77.3 Å². The zero-order chi connectivity index (χ0) is 23.1. The Morgan fingerprint density at radius 1 is 1.12 bits per heavy atom. The topological polar surface area (TPSA) is 95.6 Å². The summed E-state index contributed by atoms with van der Waals surface area (Å²) in [6.07, 6.45) is 2.92. The van der Waals surface area contributed by atoms with Crippen molar-refractivity contribution in [1.29, 1.82) is 0 Å². The van der Waals surface area contributed by atoms with Gasteiger partial charge in [-0.05, 0) is 54.8 Å². The summed E-state index contributed by atoms with van der Waals surface area (Å²) >= 11 is 5.89. The summed E-state index contributed by atoms with van der Waals surface area (Å²) in [6.45, 7) is 4.61. The number of carbonyl (C=O) groups is 2. The molecule has 1 saturated heterocycles. The average molecular weight is 476 g/mol. The largest absolute Gasteiger partial charge is 0.338 e. The van der Waals surface area contributed by atoms with Gasteiger partial charge in [-0.1, -0.05) is 29.8 Å². The lowest BCUT2D eigenvalue weighted by atomic mass is 9.96. The number of nitrogens with zero attached hydrogens (tertiary/aromatic N) is 1. The molecule has 170 valence electrons. The second-order valence-corrected chi connectivity index (χ2v) is 9.92. The molecule has 0 bridgehead atoms. The zero-order valence-electron chi connectivity index (χ0n) is 17.6. The van der Waals surface area contributed by atoms with Gasteiger partial charge >= 0.3 is 0 Å². The monoisotopic (exact) mass is 475 g/mol. The highest BCUT2D eigenvalue weighted by atomic mass is 35.5. The van der Waals surface area contributed by atoms with Gasteiger partial charge in [-0.3, -0.25) is 9.59 Å². The first-order valence-corrected chi connectivity index (χ1v) is 12.3. The molecule has 0 saturated carbocycles. The van der Waals surface area contributed by atoms with Gasteiger partial charge in [-0.15, -0.1) is 6.58 Å². The van der Waals surface area contributed by atoms with E-state index in [4.69, 9.17) is 11.6 Å². The van der Waals surface area contributed by atoms with E-state index in [2.05, 4.69) is 16.6 Å². The number of benzene rings is 2. The highest BCUT2D eigenvalue weighted by molar-refractivity contribution is 7.88. The fourth-order valence-electron chi connectivity index (χ4n) is 3.54. The number of sulfonamides is 1. The van der Waals surface area contributed by atoms with E-state index < -0.39 is 10.0 Å². The third-order valence-electron chi connectivity index (χ3n) is 5.20. The molecule has 0 aliphatic carbocycles. The van der Waals surface area contributed by atoms with E-state index in [9.17, 15) is 18.0 Å². The Morgan fingerprint density at radius 3 is 2.47 bits per heavy atom. The Bertz CT molecular complexity index is 1070. The minimum absolute atomic E-state index is 0.116. The SMILES string of the molecule is C=CCNS(=O)(=O)Cc1ccc(NC(=O)C2CCCN(C(=O)c3ccc(Cl)cc3)C2)cc1. The van der Waals surface area contributed by atoms with Crippen molar-refractivity contribution >= 4 is 39.1 Å². The molecule has 2 aromatic carbocycles. The minimum atomic E-state index is -3.44. The van der Waals surface area contributed by atoms with Gasteiger partial charge < -0.3 is 10.2 Å². The standard InChI is InChI=1S/C23H26ClN3O4S/c1-2-13-25-32(30,31)16-17-5-11-21(12-6-17)26-22(28)19-4-3-14-27(15-19)23(29)18-7-9-20(24)10-8-18/h2,5-12,19,25H,1,3-4,13-16H2,(H,26,28). The number of amides is 2. The van der Waals surface area contributed by atoms with Crippen LogP contribution in [0.4, 0.5) is 5.69 Å². The first-order chi connectivity index (χ1) is 15.3. The zero-order valence-corrected chi connectivity index (χ0v) is 19.2. The van der Waals surface area contributed by atoms with Crippen LogP contribution in [-0.4, -0.2) is 44.8 Å². The number of hydrogen-bond donors (Lipinski definition) is 2. The van der Waals surface area contributed by atoms with Gasteiger partial charge in [0.1, 0.15) is 0 Å². The van der Waals surface area contributed by atoms with Crippen molar-refractivity contribution in [1.82, 2.24) is 9.62 Å². The number of anilines is 1. The quantitative estimate of drug-likeness (QED) is 0.572. The first kappa shape index (κ1) is 24.0. The van der Waals surface area contributed by atoms with Gasteiger partial charge in [0, 0.05) is 35.9 Å². The Labute approximate surface area is 193 Å². The van der Waals surface area contributed by atoms with E-state index in [0.717, 1.165) is 6.42 Å². The van der Waals surface area contributed by atoms with Crippen LogP contribution in [0.15, 0.2) is 61.2 Å². The first-order valence-electron chi connectivity index (χ1n) is 10.3. The molecule has 7 nitrogen and oxygen atoms in total. The summed E-state index contributed by atoms with van der Waals surface area (Å²) in [5.41, 5.74) is 1.73. The number of hydrogen-bond acceptors (Lipinski definition) is 4. The van der Waals surface area contributed by atoms with Crippen LogP contribution in [-0.2, 0) is 20.6 Å². The Balaban J connectivity index is 1.57. The highest BCUT2D eigenvalue weighted by Crippen LogP contribution is 2.22. The molecule has 1 atom stereocenters. The molecule has 2 amide bonds. The summed E-state index contributed by atoms with van der Waals surface area (Å²) in [7, 11) is -3.44. The van der Waals surface area contributed by atoms with Gasteiger partial charge in [-0.2, -0.15) is 0 Å². The maximum Gasteiger partial charge on any atom is 0.253 e. The molecular formula is C23H26ClN3O4S. The molecular weight excluding hydrogens is 450 g/mol. The van der Waals surface area contributed by atoms with Crippen molar-refractivity contribution in [2.24, 2.45) is 5.92 Å². The summed E-state index contributed by atoms with van der Waals surface area (Å²) in [5.74, 6) is -0.746. The van der Waals surface area contributed by atoms with Gasteiger partial charge in [0.05, 0.1) is 11.7 Å². The molecule has 2 N–H and O–H groups in total. The molecule has 0 radical (unpaired) electrons. The molecule has 2 aromatic rings. The van der Waals surface area contributed by atoms with Crippen LogP contribution in [0.2, 0.25) is 5.02 Å². The molecule has 1 aliphatic heterocycles. The average Bonchev–Trinajstić information content (AvgIpc) is 2.79. The Morgan fingerprint density at radius 2 is 1.81 bits per heavy atom. The molecule has 1 unspecified atom stereocenters. The number of likely N-dealkylation sites (tertiary alicyclic amines) is 1. The number of piperidine rings is 1. The maximum absolute atomic E-state index is 12.8. The molecule has 1 fully saturated rings. The highest BCUT2D eigenvalue weighted by Gasteiger charge is 2.29. The molecule has 1 heterocycles. The minimum Gasteiger partial charge on any atom is -0.338 e. The van der Waals surface area contributed by atoms with E-state index in [1.807, 2.05) is 0 Å². The van der Waals surface area contributed by atoms with E-state index in [1.54, 1.807) is 53.4 Å². The Hall–Kier alpha value is -2.68. The summed E-state index contributed by atoms with van der Waals surface area (Å²) in [6, 6.07) is 13.4. The van der Waals surface area contributed by atoms with E-state index in [1.165, 1.54) is 6.08 Å². The van der Waals surface area contributed by atoms with Crippen LogP contribution >= 0.6 is 11.6 Å². The third kappa shape index (κ3) is 6.66. The van der Waals surface area contributed by atoms with Crippen LogP contribution in [0.1, 0.15) is 28.8 Å². The summed E-state index contributed by atoms with van der Waals surface area (Å²) in [5, 5.41) is 3.43. The molecule has 9 heteroatoms. The fraction of sp³-hybridized carbons (Fsp3) is 0.304. The third-order valence-corrected chi connectivity index (χ3v) is 6.77. The predicted octanol–water partition coefficient (Wildman–Crippen LogP) is 3.44. The van der Waals surface area contributed by atoms with Crippen LogP contribution < -0.4 is 10.0 Å². The van der Waals surface area contributed by atoms with E-state index >= 15 is 0 Å². The van der Waals surface area contributed by atoms with Crippen LogP contribution in [0, 0.1) is 5.92 Å². The smallest absolute Gasteiger partial charge is 0.253 e. The van der Waals surface area contributed by atoms with Crippen molar-refractivity contribution < 1.29 is 18.0 Å². The lowest BCUT2D eigenvalue weighted by Crippen LogP contribution is -2.43. The van der Waals surface area contributed by atoms with Crippen LogP contribution in [0.3, 0.4) is 0 Å². The van der Waals surface area contributed by atoms with Crippen molar-refractivity contribution in [2.75, 3.05) is 25.0 Å². The molecule has 0 spiro atoms. The Kier molecular flexibility index (Phi) is 8.06. The number of carbonyl (C=O) groups excluding carboxylic acids is 2. The van der Waals surface area contributed by atoms with E-state index in [0.29, 0.717) is 41.3 Å². The van der Waals surface area contributed by atoms with Crippen LogP contribution in [0.25, 0.3) is 0 Å². The number of rotatable bonds is 8. The summed E-state index contributed by atoms with van der Waals surface area (Å²) < 4.78 is 26.4. The van der Waals surface area contributed by atoms with Gasteiger partial charge in [0.2, 0.25) is 15.9 Å². The number of halogens is 1. The summed E-state index contributed by atoms with van der Waals surface area (Å²) in [4.78, 5) is 27.2. The fourth-order valence-corrected chi connectivity index (χ4v) is 4.77. The predicted molar refractivity (Wildman–Crippen MR) is 126 cm³/mol. The van der Waals surface area contributed by atoms with Crippen LogP contribution in [0.5, 0.6) is 0 Å². The lowest BCUT2D eigenvalue weighted by molar-refractivity contribution is -0.121. The molecule has 32 heavy (non-hydrogen) atoms. The normalized spacial score (nSPS) is 16.4. The molecule has 1 aliphatic rings. The van der Waals surface area contributed by atoms with Gasteiger partial charge in [0.25, 0.3) is 5.91 Å². The number of nitrogens with one attached hydrogen (secondary N) is 2. The maximum atomic E-state index is 12.8.